The van der Waals surface area contributed by atoms with Gasteiger partial charge in [-0.3, -0.25) is 0 Å². The minimum atomic E-state index is -3.60. The number of anilines is 1. The number of fused-ring (bicyclic) bond motifs is 1. The zero-order valence-electron chi connectivity index (χ0n) is 23.2. The maximum absolute atomic E-state index is 13.4. The third kappa shape index (κ3) is 5.59. The summed E-state index contributed by atoms with van der Waals surface area (Å²) in [6, 6.07) is 24.7. The molecule has 8 nitrogen and oxygen atoms in total. The van der Waals surface area contributed by atoms with Gasteiger partial charge in [0, 0.05) is 19.1 Å². The SMILES string of the molecule is Cc1cc(C#N)cc(C)c1Oc1nc(NC2CCN(S(=O)(=O)c3ccc(-c4ccccc4)cc3)CC2)nc2ccsc12. The average Bonchev–Trinajstić information content (AvgIpc) is 3.48. The van der Waals surface area contributed by atoms with Crippen LogP contribution in [0.1, 0.15) is 29.5 Å². The van der Waals surface area contributed by atoms with Crippen LogP contribution < -0.4 is 10.1 Å². The predicted molar refractivity (Wildman–Crippen MR) is 165 cm³/mol. The van der Waals surface area contributed by atoms with Crippen molar-refractivity contribution < 1.29 is 13.2 Å². The van der Waals surface area contributed by atoms with Gasteiger partial charge in [-0.15, -0.1) is 11.3 Å². The van der Waals surface area contributed by atoms with E-state index in [-0.39, 0.29) is 6.04 Å². The van der Waals surface area contributed by atoms with Gasteiger partial charge in [-0.2, -0.15) is 14.6 Å². The van der Waals surface area contributed by atoms with E-state index < -0.39 is 10.0 Å². The highest BCUT2D eigenvalue weighted by atomic mass is 32.2. The Balaban J connectivity index is 1.15. The minimum Gasteiger partial charge on any atom is -0.437 e. The number of nitrogens with zero attached hydrogens (tertiary/aromatic N) is 4. The molecular weight excluding hydrogens is 567 g/mol. The van der Waals surface area contributed by atoms with Crippen LogP contribution in [0.3, 0.4) is 0 Å². The first kappa shape index (κ1) is 27.8. The molecule has 42 heavy (non-hydrogen) atoms. The molecule has 2 aromatic heterocycles. The highest BCUT2D eigenvalue weighted by Gasteiger charge is 2.30. The molecule has 212 valence electrons. The van der Waals surface area contributed by atoms with Gasteiger partial charge in [0.05, 0.1) is 22.0 Å². The fraction of sp³-hybridized carbons (Fsp3) is 0.219. The Morgan fingerprint density at radius 1 is 0.952 bits per heavy atom. The van der Waals surface area contributed by atoms with Crippen molar-refractivity contribution in [2.24, 2.45) is 0 Å². The zero-order chi connectivity index (χ0) is 29.3. The van der Waals surface area contributed by atoms with Crippen molar-refractivity contribution in [1.82, 2.24) is 14.3 Å². The van der Waals surface area contributed by atoms with Gasteiger partial charge in [0.15, 0.2) is 0 Å². The molecule has 1 aliphatic rings. The molecule has 3 heterocycles. The van der Waals surface area contributed by atoms with E-state index in [0.717, 1.165) is 32.5 Å². The number of nitriles is 1. The number of aromatic nitrogens is 2. The number of sulfonamides is 1. The van der Waals surface area contributed by atoms with Crippen LogP contribution >= 0.6 is 11.3 Å². The van der Waals surface area contributed by atoms with Crippen molar-refractivity contribution in [3.05, 3.63) is 94.9 Å². The summed E-state index contributed by atoms with van der Waals surface area (Å²) in [6.45, 7) is 4.62. The lowest BCUT2D eigenvalue weighted by Crippen LogP contribution is -2.42. The fourth-order valence-electron chi connectivity index (χ4n) is 5.26. The number of nitrogens with one attached hydrogen (secondary N) is 1. The van der Waals surface area contributed by atoms with Crippen LogP contribution in [0.4, 0.5) is 5.95 Å². The second-order valence-corrected chi connectivity index (χ2v) is 13.2. The van der Waals surface area contributed by atoms with Gasteiger partial charge in [-0.1, -0.05) is 42.5 Å². The summed E-state index contributed by atoms with van der Waals surface area (Å²) in [7, 11) is -3.60. The van der Waals surface area contributed by atoms with Crippen LogP contribution in [-0.4, -0.2) is 41.8 Å². The molecule has 0 unspecified atom stereocenters. The molecule has 1 N–H and O–H groups in total. The van der Waals surface area contributed by atoms with Gasteiger partial charge in [0.25, 0.3) is 0 Å². The van der Waals surface area contributed by atoms with Crippen LogP contribution in [0.15, 0.2) is 83.1 Å². The van der Waals surface area contributed by atoms with E-state index in [9.17, 15) is 13.7 Å². The van der Waals surface area contributed by atoms with Crippen molar-refractivity contribution in [2.75, 3.05) is 18.4 Å². The lowest BCUT2D eigenvalue weighted by Gasteiger charge is -2.31. The molecule has 0 bridgehead atoms. The number of piperidine rings is 1. The Morgan fingerprint density at radius 2 is 1.62 bits per heavy atom. The number of hydrogen-bond donors (Lipinski definition) is 1. The van der Waals surface area contributed by atoms with Crippen LogP contribution in [0, 0.1) is 25.2 Å². The first-order valence-electron chi connectivity index (χ1n) is 13.7. The van der Waals surface area contributed by atoms with Crippen molar-refractivity contribution in [1.29, 1.82) is 5.26 Å². The van der Waals surface area contributed by atoms with Gasteiger partial charge in [-0.05, 0) is 84.7 Å². The maximum atomic E-state index is 13.4. The molecule has 0 spiro atoms. The smallest absolute Gasteiger partial charge is 0.243 e. The Kier molecular flexibility index (Phi) is 7.64. The Morgan fingerprint density at radius 3 is 2.29 bits per heavy atom. The number of hydrogen-bond acceptors (Lipinski definition) is 8. The van der Waals surface area contributed by atoms with Crippen molar-refractivity contribution in [3.63, 3.8) is 0 Å². The van der Waals surface area contributed by atoms with E-state index in [0.29, 0.717) is 54.0 Å². The molecule has 0 aliphatic carbocycles. The van der Waals surface area contributed by atoms with Crippen molar-refractivity contribution >= 4 is 37.5 Å². The largest absolute Gasteiger partial charge is 0.437 e. The minimum absolute atomic E-state index is 0.0132. The van der Waals surface area contributed by atoms with Gasteiger partial charge < -0.3 is 10.1 Å². The van der Waals surface area contributed by atoms with Gasteiger partial charge in [0.2, 0.25) is 21.9 Å². The lowest BCUT2D eigenvalue weighted by molar-refractivity contribution is 0.329. The summed E-state index contributed by atoms with van der Waals surface area (Å²) in [4.78, 5) is 9.69. The number of thiophene rings is 1. The third-order valence-corrected chi connectivity index (χ3v) is 10.3. The average molecular weight is 596 g/mol. The predicted octanol–water partition coefficient (Wildman–Crippen LogP) is 6.90. The monoisotopic (exact) mass is 595 g/mol. The highest BCUT2D eigenvalue weighted by molar-refractivity contribution is 7.89. The number of rotatable bonds is 7. The van der Waals surface area contributed by atoms with Crippen LogP contribution in [0.2, 0.25) is 0 Å². The lowest BCUT2D eigenvalue weighted by atomic mass is 10.1. The van der Waals surface area contributed by atoms with E-state index in [1.165, 1.54) is 11.3 Å². The van der Waals surface area contributed by atoms with E-state index in [4.69, 9.17) is 9.72 Å². The van der Waals surface area contributed by atoms with Crippen LogP contribution in [0.25, 0.3) is 21.3 Å². The van der Waals surface area contributed by atoms with Gasteiger partial charge in [-0.25, -0.2) is 13.4 Å². The van der Waals surface area contributed by atoms with Crippen molar-refractivity contribution in [3.8, 4) is 28.8 Å². The standard InChI is InChI=1S/C32H29N5O3S2/c1-21-18-23(20-33)19-22(2)29(21)40-31-30-28(14-17-41-30)35-32(36-31)34-26-12-15-37(16-13-26)42(38,39)27-10-8-25(9-11-27)24-6-4-3-5-7-24/h3-11,14,17-19,26H,12-13,15-16H2,1-2H3,(H,34,35,36). The summed E-state index contributed by atoms with van der Waals surface area (Å²) in [5, 5.41) is 14.6. The van der Waals surface area contributed by atoms with E-state index in [1.807, 2.05) is 67.8 Å². The summed E-state index contributed by atoms with van der Waals surface area (Å²) in [6.07, 6.45) is 1.24. The number of aryl methyl sites for hydroxylation is 2. The molecule has 1 saturated heterocycles. The van der Waals surface area contributed by atoms with Crippen LogP contribution in [-0.2, 0) is 10.0 Å². The molecule has 0 atom stereocenters. The maximum Gasteiger partial charge on any atom is 0.243 e. The molecule has 10 heteroatoms. The first-order valence-corrected chi connectivity index (χ1v) is 16.0. The van der Waals surface area contributed by atoms with Gasteiger partial charge >= 0.3 is 0 Å². The van der Waals surface area contributed by atoms with Gasteiger partial charge in [0.1, 0.15) is 10.4 Å². The topological polar surface area (TPSA) is 108 Å². The van der Waals surface area contributed by atoms with Crippen LogP contribution in [0.5, 0.6) is 11.6 Å². The first-order chi connectivity index (χ1) is 20.3. The Bertz CT molecular complexity index is 1870. The molecule has 3 aromatic carbocycles. The third-order valence-electron chi connectivity index (χ3n) is 7.45. The van der Waals surface area contributed by atoms with E-state index >= 15 is 0 Å². The molecular formula is C32H29N5O3S2. The summed E-state index contributed by atoms with van der Waals surface area (Å²) >= 11 is 1.50. The van der Waals surface area contributed by atoms with E-state index in [2.05, 4.69) is 16.4 Å². The second-order valence-electron chi connectivity index (χ2n) is 10.4. The highest BCUT2D eigenvalue weighted by Crippen LogP contribution is 2.36. The molecule has 1 fully saturated rings. The normalized spacial score (nSPS) is 14.5. The number of ether oxygens (including phenoxy) is 1. The molecule has 6 rings (SSSR count). The molecule has 5 aromatic rings. The Labute approximate surface area is 249 Å². The quantitative estimate of drug-likeness (QED) is 0.218. The molecule has 0 saturated carbocycles. The Hall–Kier alpha value is -4.30. The zero-order valence-corrected chi connectivity index (χ0v) is 24.9. The second kappa shape index (κ2) is 11.5. The van der Waals surface area contributed by atoms with Crippen molar-refractivity contribution in [2.45, 2.75) is 37.6 Å². The summed E-state index contributed by atoms with van der Waals surface area (Å²) in [5.74, 6) is 1.56. The summed E-state index contributed by atoms with van der Waals surface area (Å²) in [5.41, 5.74) is 5.09. The molecule has 1 aliphatic heterocycles. The molecule has 0 radical (unpaired) electrons. The molecule has 0 amide bonds. The summed E-state index contributed by atoms with van der Waals surface area (Å²) < 4.78 is 35.5. The fourth-order valence-corrected chi connectivity index (χ4v) is 7.49. The van der Waals surface area contributed by atoms with E-state index in [1.54, 1.807) is 28.6 Å². The number of benzene rings is 3.